The van der Waals surface area contributed by atoms with Gasteiger partial charge in [-0.1, -0.05) is 17.7 Å². The van der Waals surface area contributed by atoms with Crippen molar-refractivity contribution in [3.8, 4) is 0 Å². The predicted molar refractivity (Wildman–Crippen MR) is 59.5 cm³/mol. The lowest BCUT2D eigenvalue weighted by molar-refractivity contribution is 0.299. The normalized spacial score (nSPS) is 11.6. The van der Waals surface area contributed by atoms with Gasteiger partial charge in [0.25, 0.3) is 10.1 Å². The van der Waals surface area contributed by atoms with Crippen molar-refractivity contribution in [3.05, 3.63) is 42.0 Å². The molecular weight excluding hydrogens is 242 g/mol. The molecule has 0 unspecified atom stereocenters. The molecule has 0 aliphatic heterocycles. The highest BCUT2D eigenvalue weighted by molar-refractivity contribution is 7.86. The monoisotopic (exact) mass is 253 g/mol. The van der Waals surface area contributed by atoms with Gasteiger partial charge in [0.15, 0.2) is 5.82 Å². The lowest BCUT2D eigenvalue weighted by Crippen LogP contribution is -2.07. The maximum absolute atomic E-state index is 11.8. The van der Waals surface area contributed by atoms with Crippen molar-refractivity contribution in [2.45, 2.75) is 18.4 Å². The number of aromatic amines is 1. The molecule has 0 amide bonds. The Morgan fingerprint density at radius 2 is 2.00 bits per heavy atom. The number of rotatable bonds is 4. The SMILES string of the molecule is Cc1ccc(S(=O)(=O)OCc2ncn[nH]2)cc1. The van der Waals surface area contributed by atoms with Gasteiger partial charge in [0.2, 0.25) is 0 Å². The molecule has 0 fully saturated rings. The van der Waals surface area contributed by atoms with Crippen LogP contribution in [0.4, 0.5) is 0 Å². The van der Waals surface area contributed by atoms with E-state index in [4.69, 9.17) is 4.18 Å². The van der Waals surface area contributed by atoms with Gasteiger partial charge in [0.05, 0.1) is 4.90 Å². The Hall–Kier alpha value is -1.73. The van der Waals surface area contributed by atoms with Crippen LogP contribution in [0.15, 0.2) is 35.5 Å². The molecule has 1 heterocycles. The average Bonchev–Trinajstić information content (AvgIpc) is 2.80. The minimum atomic E-state index is -3.74. The van der Waals surface area contributed by atoms with Gasteiger partial charge < -0.3 is 0 Å². The maximum Gasteiger partial charge on any atom is 0.297 e. The molecule has 0 bridgehead atoms. The Kier molecular flexibility index (Phi) is 3.21. The first-order valence-electron chi connectivity index (χ1n) is 4.88. The average molecular weight is 253 g/mol. The highest BCUT2D eigenvalue weighted by Crippen LogP contribution is 2.14. The molecule has 0 aliphatic rings. The summed E-state index contributed by atoms with van der Waals surface area (Å²) in [6, 6.07) is 6.44. The van der Waals surface area contributed by atoms with Crippen LogP contribution < -0.4 is 0 Å². The van der Waals surface area contributed by atoms with Gasteiger partial charge in [-0.25, -0.2) is 4.98 Å². The molecule has 0 saturated carbocycles. The summed E-state index contributed by atoms with van der Waals surface area (Å²) < 4.78 is 28.3. The number of benzene rings is 1. The third-order valence-corrected chi connectivity index (χ3v) is 3.40. The quantitative estimate of drug-likeness (QED) is 0.822. The standard InChI is InChI=1S/C10H11N3O3S/c1-8-2-4-9(5-3-8)17(14,15)16-6-10-11-7-12-13-10/h2-5,7H,6H2,1H3,(H,11,12,13). The van der Waals surface area contributed by atoms with E-state index >= 15 is 0 Å². The van der Waals surface area contributed by atoms with Crippen molar-refractivity contribution >= 4 is 10.1 Å². The maximum atomic E-state index is 11.8. The molecule has 0 saturated heterocycles. The van der Waals surface area contributed by atoms with E-state index < -0.39 is 10.1 Å². The van der Waals surface area contributed by atoms with Crippen LogP contribution in [0.3, 0.4) is 0 Å². The second-order valence-corrected chi connectivity index (χ2v) is 5.08. The Morgan fingerprint density at radius 3 is 2.59 bits per heavy atom. The molecule has 2 aromatic rings. The number of nitrogens with one attached hydrogen (secondary N) is 1. The van der Waals surface area contributed by atoms with Crippen LogP contribution in [0.25, 0.3) is 0 Å². The van der Waals surface area contributed by atoms with Gasteiger partial charge in [0, 0.05) is 0 Å². The van der Waals surface area contributed by atoms with E-state index in [9.17, 15) is 8.42 Å². The first kappa shape index (κ1) is 11.7. The van der Waals surface area contributed by atoms with E-state index in [0.29, 0.717) is 5.82 Å². The molecule has 1 aromatic carbocycles. The van der Waals surface area contributed by atoms with E-state index in [0.717, 1.165) is 5.56 Å². The number of nitrogens with zero attached hydrogens (tertiary/aromatic N) is 2. The molecule has 0 atom stereocenters. The smallest absolute Gasteiger partial charge is 0.261 e. The molecule has 2 rings (SSSR count). The van der Waals surface area contributed by atoms with Gasteiger partial charge in [-0.05, 0) is 19.1 Å². The first-order chi connectivity index (χ1) is 8.08. The van der Waals surface area contributed by atoms with E-state index in [2.05, 4.69) is 15.2 Å². The van der Waals surface area contributed by atoms with Crippen LogP contribution in [0.5, 0.6) is 0 Å². The van der Waals surface area contributed by atoms with Gasteiger partial charge in [0.1, 0.15) is 12.9 Å². The van der Waals surface area contributed by atoms with E-state index in [1.807, 2.05) is 6.92 Å². The second kappa shape index (κ2) is 4.64. The lowest BCUT2D eigenvalue weighted by Gasteiger charge is -2.04. The van der Waals surface area contributed by atoms with Crippen LogP contribution >= 0.6 is 0 Å². The summed E-state index contributed by atoms with van der Waals surface area (Å²) >= 11 is 0. The summed E-state index contributed by atoms with van der Waals surface area (Å²) in [7, 11) is -3.74. The van der Waals surface area contributed by atoms with E-state index in [1.54, 1.807) is 12.1 Å². The third kappa shape index (κ3) is 2.89. The Labute approximate surface area is 98.8 Å². The van der Waals surface area contributed by atoms with Gasteiger partial charge >= 0.3 is 0 Å². The predicted octanol–water partition coefficient (Wildman–Crippen LogP) is 1.02. The first-order valence-corrected chi connectivity index (χ1v) is 6.29. The topological polar surface area (TPSA) is 84.9 Å². The van der Waals surface area contributed by atoms with Gasteiger partial charge in [-0.15, -0.1) is 0 Å². The molecule has 1 aromatic heterocycles. The van der Waals surface area contributed by atoms with E-state index in [-0.39, 0.29) is 11.5 Å². The number of hydrogen-bond acceptors (Lipinski definition) is 5. The molecule has 6 nitrogen and oxygen atoms in total. The lowest BCUT2D eigenvalue weighted by atomic mass is 10.2. The number of H-pyrrole nitrogens is 1. The number of aromatic nitrogens is 3. The fourth-order valence-corrected chi connectivity index (χ4v) is 2.08. The van der Waals surface area contributed by atoms with Crippen molar-refractivity contribution in [2.24, 2.45) is 0 Å². The molecule has 0 radical (unpaired) electrons. The summed E-state index contributed by atoms with van der Waals surface area (Å²) in [5.74, 6) is 0.362. The number of hydrogen-bond donors (Lipinski definition) is 1. The fraction of sp³-hybridized carbons (Fsp3) is 0.200. The Balaban J connectivity index is 2.11. The van der Waals surface area contributed by atoms with Crippen molar-refractivity contribution in [3.63, 3.8) is 0 Å². The molecule has 0 spiro atoms. The second-order valence-electron chi connectivity index (χ2n) is 3.46. The largest absolute Gasteiger partial charge is 0.297 e. The minimum absolute atomic E-state index is 0.127. The van der Waals surface area contributed by atoms with Crippen molar-refractivity contribution in [2.75, 3.05) is 0 Å². The Bertz CT molecular complexity index is 576. The van der Waals surface area contributed by atoms with Crippen LogP contribution in [0, 0.1) is 6.92 Å². The van der Waals surface area contributed by atoms with Crippen LogP contribution in [-0.4, -0.2) is 23.6 Å². The van der Waals surface area contributed by atoms with E-state index in [1.165, 1.54) is 18.5 Å². The molecule has 1 N–H and O–H groups in total. The number of aryl methyl sites for hydroxylation is 1. The highest BCUT2D eigenvalue weighted by atomic mass is 32.2. The van der Waals surface area contributed by atoms with Crippen LogP contribution in [0.2, 0.25) is 0 Å². The molecule has 7 heteroatoms. The van der Waals surface area contributed by atoms with Crippen molar-refractivity contribution in [1.82, 2.24) is 15.2 Å². The summed E-state index contributed by atoms with van der Waals surface area (Å²) in [5, 5.41) is 6.12. The minimum Gasteiger partial charge on any atom is -0.261 e. The third-order valence-electron chi connectivity index (χ3n) is 2.13. The molecule has 0 aliphatic carbocycles. The molecular formula is C10H11N3O3S. The zero-order valence-corrected chi connectivity index (χ0v) is 9.94. The molecule has 90 valence electrons. The van der Waals surface area contributed by atoms with Crippen molar-refractivity contribution < 1.29 is 12.6 Å². The molecule has 17 heavy (non-hydrogen) atoms. The zero-order valence-electron chi connectivity index (χ0n) is 9.12. The zero-order chi connectivity index (χ0) is 12.3. The summed E-state index contributed by atoms with van der Waals surface area (Å²) in [5.41, 5.74) is 0.985. The van der Waals surface area contributed by atoms with Crippen LogP contribution in [-0.2, 0) is 20.9 Å². The summed E-state index contributed by atoms with van der Waals surface area (Å²) in [4.78, 5) is 3.90. The van der Waals surface area contributed by atoms with Gasteiger partial charge in [-0.3, -0.25) is 9.28 Å². The van der Waals surface area contributed by atoms with Crippen molar-refractivity contribution in [1.29, 1.82) is 0 Å². The Morgan fingerprint density at radius 1 is 1.29 bits per heavy atom. The highest BCUT2D eigenvalue weighted by Gasteiger charge is 2.15. The summed E-state index contributed by atoms with van der Waals surface area (Å²) in [6.07, 6.45) is 1.29. The summed E-state index contributed by atoms with van der Waals surface area (Å²) in [6.45, 7) is 1.72. The fourth-order valence-electron chi connectivity index (χ4n) is 1.21. The van der Waals surface area contributed by atoms with Gasteiger partial charge in [-0.2, -0.15) is 13.5 Å². The van der Waals surface area contributed by atoms with Crippen LogP contribution in [0.1, 0.15) is 11.4 Å².